The minimum absolute atomic E-state index is 0.0181. The largest absolute Gasteiger partial charge is 0.353 e. The minimum atomic E-state index is 0.0181. The van der Waals surface area contributed by atoms with Gasteiger partial charge in [0.2, 0.25) is 0 Å². The summed E-state index contributed by atoms with van der Waals surface area (Å²) in [6.07, 6.45) is 3.98. The lowest BCUT2D eigenvalue weighted by molar-refractivity contribution is 0.0951. The maximum Gasteiger partial charge on any atom is 0.255 e. The lowest BCUT2D eigenvalue weighted by Gasteiger charge is -2.34. The van der Waals surface area contributed by atoms with Gasteiger partial charge in [-0.25, -0.2) is 4.98 Å². The van der Waals surface area contributed by atoms with Crippen LogP contribution >= 0.6 is 0 Å². The third-order valence-electron chi connectivity index (χ3n) is 3.75. The average molecular weight is 260 g/mol. The van der Waals surface area contributed by atoms with Gasteiger partial charge in [0, 0.05) is 38.4 Å². The van der Waals surface area contributed by atoms with Crippen LogP contribution in [0.1, 0.15) is 23.2 Å². The Morgan fingerprint density at radius 3 is 2.74 bits per heavy atom. The Bertz CT molecular complexity index is 464. The first-order chi connectivity index (χ1) is 9.24. The van der Waals surface area contributed by atoms with Gasteiger partial charge in [0.1, 0.15) is 5.82 Å². The number of nitrogens with zero attached hydrogens (tertiary/aromatic N) is 3. The number of carbonyl (C=O) groups is 1. The van der Waals surface area contributed by atoms with Crippen molar-refractivity contribution in [2.75, 3.05) is 38.1 Å². The van der Waals surface area contributed by atoms with Gasteiger partial charge < -0.3 is 15.1 Å². The molecule has 0 aromatic carbocycles. The van der Waals surface area contributed by atoms with Crippen molar-refractivity contribution in [1.82, 2.24) is 15.2 Å². The molecule has 1 aromatic rings. The van der Waals surface area contributed by atoms with Gasteiger partial charge in [-0.15, -0.1) is 0 Å². The number of carbonyl (C=O) groups excluding carboxylic acids is 1. The molecule has 1 amide bonds. The third-order valence-corrected chi connectivity index (χ3v) is 3.75. The van der Waals surface area contributed by atoms with E-state index in [-0.39, 0.29) is 5.91 Å². The molecule has 0 unspecified atom stereocenters. The second kappa shape index (κ2) is 5.17. The van der Waals surface area contributed by atoms with Gasteiger partial charge in [0.25, 0.3) is 5.91 Å². The molecule has 0 atom stereocenters. The standard InChI is InChI=1S/C14H20N4O/c1-17-7-9-18(10-8-17)13-12(3-2-6-15-13)14(19)16-11-4-5-11/h2-3,6,11H,4-5,7-10H2,1H3,(H,16,19). The molecule has 3 rings (SSSR count). The number of amides is 1. The van der Waals surface area contributed by atoms with E-state index in [4.69, 9.17) is 0 Å². The predicted octanol–water partition coefficient (Wildman–Crippen LogP) is 0.726. The highest BCUT2D eigenvalue weighted by molar-refractivity contribution is 5.99. The third kappa shape index (κ3) is 2.87. The fraction of sp³-hybridized carbons (Fsp3) is 0.571. The molecular weight excluding hydrogens is 240 g/mol. The molecule has 0 spiro atoms. The Hall–Kier alpha value is -1.62. The number of piperazine rings is 1. The summed E-state index contributed by atoms with van der Waals surface area (Å²) in [7, 11) is 2.12. The van der Waals surface area contributed by atoms with E-state index in [1.165, 1.54) is 0 Å². The lowest BCUT2D eigenvalue weighted by Crippen LogP contribution is -2.45. The van der Waals surface area contributed by atoms with Crippen molar-refractivity contribution in [3.63, 3.8) is 0 Å². The summed E-state index contributed by atoms with van der Waals surface area (Å²) in [4.78, 5) is 21.2. The van der Waals surface area contributed by atoms with Crippen LogP contribution in [-0.4, -0.2) is 55.1 Å². The summed E-state index contributed by atoms with van der Waals surface area (Å²) in [5.74, 6) is 0.846. The molecular formula is C14H20N4O. The number of hydrogen-bond donors (Lipinski definition) is 1. The highest BCUT2D eigenvalue weighted by atomic mass is 16.1. The number of anilines is 1. The van der Waals surface area contributed by atoms with E-state index in [1.807, 2.05) is 12.1 Å². The fourth-order valence-electron chi connectivity index (χ4n) is 2.34. The van der Waals surface area contributed by atoms with Crippen LogP contribution in [0.25, 0.3) is 0 Å². The van der Waals surface area contributed by atoms with Gasteiger partial charge in [0.05, 0.1) is 5.56 Å². The predicted molar refractivity (Wildman–Crippen MR) is 74.4 cm³/mol. The monoisotopic (exact) mass is 260 g/mol. The smallest absolute Gasteiger partial charge is 0.255 e. The average Bonchev–Trinajstić information content (AvgIpc) is 3.23. The Kier molecular flexibility index (Phi) is 3.38. The van der Waals surface area contributed by atoms with Crippen LogP contribution in [0, 0.1) is 0 Å². The van der Waals surface area contributed by atoms with Gasteiger partial charge in [-0.1, -0.05) is 0 Å². The molecule has 2 aliphatic rings. The van der Waals surface area contributed by atoms with Gasteiger partial charge in [-0.2, -0.15) is 0 Å². The van der Waals surface area contributed by atoms with Crippen molar-refractivity contribution in [3.8, 4) is 0 Å². The number of aromatic nitrogens is 1. The Labute approximate surface area is 113 Å². The van der Waals surface area contributed by atoms with Crippen molar-refractivity contribution in [3.05, 3.63) is 23.9 Å². The molecule has 1 aliphatic heterocycles. The molecule has 1 aliphatic carbocycles. The number of likely N-dealkylation sites (N-methyl/N-ethyl adjacent to an activating group) is 1. The zero-order valence-corrected chi connectivity index (χ0v) is 11.3. The van der Waals surface area contributed by atoms with Crippen molar-refractivity contribution in [2.24, 2.45) is 0 Å². The molecule has 1 N–H and O–H groups in total. The van der Waals surface area contributed by atoms with Crippen molar-refractivity contribution in [2.45, 2.75) is 18.9 Å². The number of nitrogens with one attached hydrogen (secondary N) is 1. The zero-order valence-electron chi connectivity index (χ0n) is 11.3. The Morgan fingerprint density at radius 2 is 2.05 bits per heavy atom. The van der Waals surface area contributed by atoms with Crippen LogP contribution in [0.15, 0.2) is 18.3 Å². The van der Waals surface area contributed by atoms with E-state index >= 15 is 0 Å². The maximum atomic E-state index is 12.2. The van der Waals surface area contributed by atoms with Crippen molar-refractivity contribution < 1.29 is 4.79 Å². The van der Waals surface area contributed by atoms with E-state index in [0.29, 0.717) is 11.6 Å². The van der Waals surface area contributed by atoms with Crippen LogP contribution < -0.4 is 10.2 Å². The maximum absolute atomic E-state index is 12.2. The second-order valence-corrected chi connectivity index (χ2v) is 5.41. The molecule has 0 bridgehead atoms. The highest BCUT2D eigenvalue weighted by Crippen LogP contribution is 2.22. The quantitative estimate of drug-likeness (QED) is 0.870. The summed E-state index contributed by atoms with van der Waals surface area (Å²) in [6, 6.07) is 4.09. The molecule has 2 heterocycles. The van der Waals surface area contributed by atoms with E-state index in [9.17, 15) is 4.79 Å². The summed E-state index contributed by atoms with van der Waals surface area (Å²) in [5, 5.41) is 3.04. The van der Waals surface area contributed by atoms with Crippen molar-refractivity contribution >= 4 is 11.7 Å². The minimum Gasteiger partial charge on any atom is -0.353 e. The SMILES string of the molecule is CN1CCN(c2ncccc2C(=O)NC2CC2)CC1. The zero-order chi connectivity index (χ0) is 13.2. The highest BCUT2D eigenvalue weighted by Gasteiger charge is 2.26. The first-order valence-electron chi connectivity index (χ1n) is 6.93. The number of pyridine rings is 1. The lowest BCUT2D eigenvalue weighted by atomic mass is 10.2. The van der Waals surface area contributed by atoms with Gasteiger partial charge >= 0.3 is 0 Å². The van der Waals surface area contributed by atoms with Crippen molar-refractivity contribution in [1.29, 1.82) is 0 Å². The first-order valence-corrected chi connectivity index (χ1v) is 6.93. The summed E-state index contributed by atoms with van der Waals surface area (Å²) in [5.41, 5.74) is 0.707. The molecule has 1 saturated heterocycles. The molecule has 0 radical (unpaired) electrons. The van der Waals surface area contributed by atoms with Crippen LogP contribution in [0.2, 0.25) is 0 Å². The molecule has 1 aromatic heterocycles. The van der Waals surface area contributed by atoms with Crippen LogP contribution in [-0.2, 0) is 0 Å². The molecule has 5 nitrogen and oxygen atoms in total. The topological polar surface area (TPSA) is 48.5 Å². The summed E-state index contributed by atoms with van der Waals surface area (Å²) in [6.45, 7) is 3.88. The molecule has 2 fully saturated rings. The first kappa shape index (κ1) is 12.4. The van der Waals surface area contributed by atoms with E-state index in [1.54, 1.807) is 6.20 Å². The van der Waals surface area contributed by atoms with E-state index < -0.39 is 0 Å². The van der Waals surface area contributed by atoms with Crippen LogP contribution in [0.4, 0.5) is 5.82 Å². The number of rotatable bonds is 3. The van der Waals surface area contributed by atoms with Crippen LogP contribution in [0.5, 0.6) is 0 Å². The van der Waals surface area contributed by atoms with Gasteiger partial charge in [-0.05, 0) is 32.0 Å². The molecule has 5 heteroatoms. The van der Waals surface area contributed by atoms with E-state index in [2.05, 4.69) is 27.1 Å². The van der Waals surface area contributed by atoms with Gasteiger partial charge in [0.15, 0.2) is 0 Å². The normalized spacial score (nSPS) is 20.4. The summed E-state index contributed by atoms with van der Waals surface area (Å²) < 4.78 is 0. The molecule has 1 saturated carbocycles. The van der Waals surface area contributed by atoms with Gasteiger partial charge in [-0.3, -0.25) is 4.79 Å². The van der Waals surface area contributed by atoms with Crippen LogP contribution in [0.3, 0.4) is 0 Å². The fourth-order valence-corrected chi connectivity index (χ4v) is 2.34. The second-order valence-electron chi connectivity index (χ2n) is 5.41. The van der Waals surface area contributed by atoms with E-state index in [0.717, 1.165) is 44.8 Å². The Balaban J connectivity index is 1.78. The molecule has 102 valence electrons. The molecule has 19 heavy (non-hydrogen) atoms. The number of hydrogen-bond acceptors (Lipinski definition) is 4. The summed E-state index contributed by atoms with van der Waals surface area (Å²) >= 11 is 0. The Morgan fingerprint density at radius 1 is 1.32 bits per heavy atom.